The molecule has 0 saturated heterocycles. The van der Waals surface area contributed by atoms with Crippen molar-refractivity contribution in [1.29, 1.82) is 0 Å². The number of nitrogens with zero attached hydrogens (tertiary/aromatic N) is 2. The number of ether oxygens (including phenoxy) is 1. The van der Waals surface area contributed by atoms with Crippen molar-refractivity contribution >= 4 is 46.6 Å². The first-order chi connectivity index (χ1) is 17.3. The maximum absolute atomic E-state index is 13.0. The molecular formula is C27H22Cl2N2O5. The summed E-state index contributed by atoms with van der Waals surface area (Å²) in [6.45, 7) is 3.61. The van der Waals surface area contributed by atoms with Crippen molar-refractivity contribution in [1.82, 2.24) is 5.16 Å². The standard InChI is InChI=1S/C27H22Cl2N2O5/c1-3-35-27(34)31(23-7-5-4-6-22(23)29)25-16(2)36-30-24(25)18-10-8-17(9-11-18)14-20-15-19(26(32)33)12-13-21(20)28/h4-13,15H,3,14H2,1-2H3,(H,32,33). The van der Waals surface area contributed by atoms with Crippen LogP contribution in [0.5, 0.6) is 0 Å². The van der Waals surface area contributed by atoms with E-state index in [9.17, 15) is 14.7 Å². The molecule has 0 aliphatic carbocycles. The lowest BCUT2D eigenvalue weighted by Crippen LogP contribution is -2.27. The number of aromatic carboxylic acids is 1. The second-order valence-corrected chi connectivity index (χ2v) is 8.72. The van der Waals surface area contributed by atoms with Gasteiger partial charge < -0.3 is 14.4 Å². The third-order valence-corrected chi connectivity index (χ3v) is 6.20. The van der Waals surface area contributed by atoms with E-state index in [0.717, 1.165) is 5.56 Å². The number of halogens is 2. The average Bonchev–Trinajstić information content (AvgIpc) is 3.23. The zero-order valence-corrected chi connectivity index (χ0v) is 21.0. The summed E-state index contributed by atoms with van der Waals surface area (Å²) >= 11 is 12.7. The Morgan fingerprint density at radius 2 is 1.75 bits per heavy atom. The van der Waals surface area contributed by atoms with Gasteiger partial charge in [-0.05, 0) is 61.7 Å². The van der Waals surface area contributed by atoms with Crippen LogP contribution in [0.3, 0.4) is 0 Å². The Morgan fingerprint density at radius 3 is 2.42 bits per heavy atom. The van der Waals surface area contributed by atoms with Gasteiger partial charge in [0.2, 0.25) is 0 Å². The molecule has 9 heteroatoms. The van der Waals surface area contributed by atoms with Gasteiger partial charge in [-0.25, -0.2) is 14.5 Å². The molecular weight excluding hydrogens is 503 g/mol. The van der Waals surface area contributed by atoms with Crippen LogP contribution in [0.15, 0.2) is 71.3 Å². The Hall–Kier alpha value is -3.81. The second kappa shape index (κ2) is 10.8. The molecule has 1 heterocycles. The Balaban J connectivity index is 1.70. The molecule has 0 fully saturated rings. The quantitative estimate of drug-likeness (QED) is 0.268. The van der Waals surface area contributed by atoms with Crippen LogP contribution in [0.1, 0.15) is 34.2 Å². The van der Waals surface area contributed by atoms with Gasteiger partial charge in [0.15, 0.2) is 5.76 Å². The lowest BCUT2D eigenvalue weighted by Gasteiger charge is -2.23. The van der Waals surface area contributed by atoms with Crippen LogP contribution in [-0.2, 0) is 11.2 Å². The summed E-state index contributed by atoms with van der Waals surface area (Å²) in [5.74, 6) is -0.596. The normalized spacial score (nSPS) is 10.8. The zero-order chi connectivity index (χ0) is 25.8. The zero-order valence-electron chi connectivity index (χ0n) is 19.5. The smallest absolute Gasteiger partial charge is 0.419 e. The third kappa shape index (κ3) is 5.22. The van der Waals surface area contributed by atoms with E-state index in [2.05, 4.69) is 5.16 Å². The number of amides is 1. The Kier molecular flexibility index (Phi) is 7.62. The van der Waals surface area contributed by atoms with E-state index in [0.29, 0.717) is 50.4 Å². The fourth-order valence-corrected chi connectivity index (χ4v) is 4.20. The molecule has 3 aromatic carbocycles. The molecule has 0 aliphatic heterocycles. The average molecular weight is 525 g/mol. The lowest BCUT2D eigenvalue weighted by molar-refractivity contribution is 0.0696. The van der Waals surface area contributed by atoms with E-state index >= 15 is 0 Å². The van der Waals surface area contributed by atoms with Gasteiger partial charge in [0.25, 0.3) is 0 Å². The van der Waals surface area contributed by atoms with Crippen molar-refractivity contribution < 1.29 is 24.0 Å². The van der Waals surface area contributed by atoms with Crippen molar-refractivity contribution in [3.8, 4) is 11.3 Å². The Labute approximate surface area is 217 Å². The van der Waals surface area contributed by atoms with Gasteiger partial charge in [0, 0.05) is 10.6 Å². The van der Waals surface area contributed by atoms with E-state index in [1.165, 1.54) is 11.0 Å². The Morgan fingerprint density at radius 1 is 1.03 bits per heavy atom. The van der Waals surface area contributed by atoms with Crippen LogP contribution in [0, 0.1) is 6.92 Å². The first kappa shape index (κ1) is 25.3. The molecule has 1 amide bonds. The van der Waals surface area contributed by atoms with Gasteiger partial charge in [-0.1, -0.05) is 64.8 Å². The van der Waals surface area contributed by atoms with Crippen molar-refractivity contribution in [2.24, 2.45) is 0 Å². The van der Waals surface area contributed by atoms with Crippen molar-refractivity contribution in [2.75, 3.05) is 11.5 Å². The maximum Gasteiger partial charge on any atom is 0.419 e. The van der Waals surface area contributed by atoms with Crippen molar-refractivity contribution in [2.45, 2.75) is 20.3 Å². The van der Waals surface area contributed by atoms with Crippen LogP contribution in [0.4, 0.5) is 16.2 Å². The molecule has 4 aromatic rings. The van der Waals surface area contributed by atoms with E-state index in [1.807, 2.05) is 24.3 Å². The number of carbonyl (C=O) groups excluding carboxylic acids is 1. The molecule has 1 aromatic heterocycles. The summed E-state index contributed by atoms with van der Waals surface area (Å²) in [4.78, 5) is 25.7. The van der Waals surface area contributed by atoms with E-state index in [-0.39, 0.29) is 12.2 Å². The predicted molar refractivity (Wildman–Crippen MR) is 139 cm³/mol. The van der Waals surface area contributed by atoms with Gasteiger partial charge in [0.05, 0.1) is 22.9 Å². The molecule has 0 saturated carbocycles. The van der Waals surface area contributed by atoms with Crippen LogP contribution >= 0.6 is 23.2 Å². The third-order valence-electron chi connectivity index (χ3n) is 5.51. The summed E-state index contributed by atoms with van der Waals surface area (Å²) in [5.41, 5.74) is 3.80. The van der Waals surface area contributed by atoms with Gasteiger partial charge in [-0.3, -0.25) is 0 Å². The summed E-state index contributed by atoms with van der Waals surface area (Å²) in [7, 11) is 0. The summed E-state index contributed by atoms with van der Waals surface area (Å²) < 4.78 is 10.8. The molecule has 184 valence electrons. The minimum absolute atomic E-state index is 0.173. The topological polar surface area (TPSA) is 92.9 Å². The van der Waals surface area contributed by atoms with Crippen molar-refractivity contribution in [3.63, 3.8) is 0 Å². The molecule has 0 bridgehead atoms. The summed E-state index contributed by atoms with van der Waals surface area (Å²) in [6.07, 6.45) is -0.165. The number of benzene rings is 3. The molecule has 0 radical (unpaired) electrons. The van der Waals surface area contributed by atoms with Gasteiger partial charge in [-0.15, -0.1) is 0 Å². The summed E-state index contributed by atoms with van der Waals surface area (Å²) in [5, 5.41) is 14.3. The largest absolute Gasteiger partial charge is 0.478 e. The van der Waals surface area contributed by atoms with Gasteiger partial charge >= 0.3 is 12.1 Å². The number of para-hydroxylation sites is 1. The monoisotopic (exact) mass is 524 g/mol. The molecule has 0 aliphatic rings. The number of carbonyl (C=O) groups is 2. The van der Waals surface area contributed by atoms with E-state index in [1.54, 1.807) is 50.2 Å². The second-order valence-electron chi connectivity index (χ2n) is 7.91. The minimum atomic E-state index is -1.01. The molecule has 7 nitrogen and oxygen atoms in total. The number of hydrogen-bond acceptors (Lipinski definition) is 5. The number of carboxylic acids is 1. The van der Waals surface area contributed by atoms with Crippen LogP contribution in [0.25, 0.3) is 11.3 Å². The number of anilines is 2. The van der Waals surface area contributed by atoms with Gasteiger partial charge in [-0.2, -0.15) is 0 Å². The highest BCUT2D eigenvalue weighted by atomic mass is 35.5. The van der Waals surface area contributed by atoms with Crippen molar-refractivity contribution in [3.05, 3.63) is 99.2 Å². The van der Waals surface area contributed by atoms with E-state index < -0.39 is 12.1 Å². The number of aromatic nitrogens is 1. The van der Waals surface area contributed by atoms with E-state index in [4.69, 9.17) is 32.5 Å². The lowest BCUT2D eigenvalue weighted by atomic mass is 10.0. The number of hydrogen-bond donors (Lipinski definition) is 1. The van der Waals surface area contributed by atoms with Crippen LogP contribution in [-0.4, -0.2) is 28.9 Å². The number of carboxylic acid groups (broad SMARTS) is 1. The molecule has 4 rings (SSSR count). The first-order valence-corrected chi connectivity index (χ1v) is 11.8. The predicted octanol–water partition coefficient (Wildman–Crippen LogP) is 7.54. The highest BCUT2D eigenvalue weighted by Crippen LogP contribution is 2.40. The fourth-order valence-electron chi connectivity index (χ4n) is 3.79. The molecule has 0 unspecified atom stereocenters. The van der Waals surface area contributed by atoms with Gasteiger partial charge in [0.1, 0.15) is 11.4 Å². The SMILES string of the molecule is CCOC(=O)N(c1ccccc1Cl)c1c(-c2ccc(Cc3cc(C(=O)O)ccc3Cl)cc2)noc1C. The summed E-state index contributed by atoms with van der Waals surface area (Å²) in [6, 6.07) is 19.0. The molecule has 36 heavy (non-hydrogen) atoms. The number of rotatable bonds is 7. The highest BCUT2D eigenvalue weighted by molar-refractivity contribution is 6.34. The highest BCUT2D eigenvalue weighted by Gasteiger charge is 2.29. The maximum atomic E-state index is 13.0. The molecule has 1 N–H and O–H groups in total. The fraction of sp³-hybridized carbons (Fsp3) is 0.148. The molecule has 0 atom stereocenters. The van der Waals surface area contributed by atoms with Crippen LogP contribution < -0.4 is 4.90 Å². The Bertz CT molecular complexity index is 1420. The first-order valence-electron chi connectivity index (χ1n) is 11.1. The van der Waals surface area contributed by atoms with Crippen LogP contribution in [0.2, 0.25) is 10.0 Å². The molecule has 0 spiro atoms. The number of aryl methyl sites for hydroxylation is 1. The minimum Gasteiger partial charge on any atom is -0.478 e.